The van der Waals surface area contributed by atoms with Crippen LogP contribution in [0.2, 0.25) is 0 Å². The predicted octanol–water partition coefficient (Wildman–Crippen LogP) is 6.24. The van der Waals surface area contributed by atoms with Gasteiger partial charge < -0.3 is 24.1 Å². The fourth-order valence-electron chi connectivity index (χ4n) is 5.74. The molecule has 1 aromatic rings. The van der Waals surface area contributed by atoms with E-state index in [-0.39, 0.29) is 24.3 Å². The molecule has 0 aromatic heterocycles. The molecule has 1 aliphatic heterocycles. The van der Waals surface area contributed by atoms with Crippen molar-refractivity contribution in [2.45, 2.75) is 77.4 Å². The molecule has 2 aliphatic rings. The summed E-state index contributed by atoms with van der Waals surface area (Å²) in [5.74, 6) is 1.06. The van der Waals surface area contributed by atoms with Gasteiger partial charge in [-0.05, 0) is 76.1 Å². The number of ketones is 1. The first-order chi connectivity index (χ1) is 19.4. The molecule has 4 atom stereocenters. The number of hydrogen-bond donors (Lipinski definition) is 1. The Kier molecular flexibility index (Phi) is 12.7. The number of benzene rings is 1. The summed E-state index contributed by atoms with van der Waals surface area (Å²) in [7, 11) is 3.08. The number of allylic oxidation sites excluding steroid dienone is 6. The van der Waals surface area contributed by atoms with Crippen molar-refractivity contribution in [1.29, 1.82) is 0 Å². The summed E-state index contributed by atoms with van der Waals surface area (Å²) in [4.78, 5) is 14.8. The van der Waals surface area contributed by atoms with Crippen LogP contribution in [0.1, 0.15) is 69.7 Å². The molecule has 0 saturated carbocycles. The molecular weight excluding hydrogens is 506 g/mol. The normalized spacial score (nSPS) is 22.0. The van der Waals surface area contributed by atoms with Crippen molar-refractivity contribution in [2.75, 3.05) is 33.9 Å². The Bertz CT molecular complexity index is 1080. The number of ether oxygens (including phenoxy) is 4. The van der Waals surface area contributed by atoms with E-state index in [1.165, 1.54) is 12.7 Å². The van der Waals surface area contributed by atoms with Crippen LogP contribution in [0.4, 0.5) is 0 Å². The Morgan fingerprint density at radius 3 is 2.73 bits per heavy atom. The lowest BCUT2D eigenvalue weighted by Crippen LogP contribution is -2.44. The topological polar surface area (TPSA) is 77.5 Å². The lowest BCUT2D eigenvalue weighted by Gasteiger charge is -2.43. The van der Waals surface area contributed by atoms with E-state index >= 15 is 0 Å². The molecule has 40 heavy (non-hydrogen) atoms. The van der Waals surface area contributed by atoms with Crippen molar-refractivity contribution in [3.63, 3.8) is 0 Å². The molecule has 2 unspecified atom stereocenters. The minimum Gasteiger partial charge on any atom is -0.497 e. The maximum atomic E-state index is 13.2. The molecule has 1 heterocycles. The van der Waals surface area contributed by atoms with Crippen LogP contribution in [0.5, 0.6) is 11.5 Å². The lowest BCUT2D eigenvalue weighted by atomic mass is 9.73. The number of nitrogens with zero attached hydrogens (tertiary/aromatic N) is 1. The molecule has 1 saturated heterocycles. The lowest BCUT2D eigenvalue weighted by molar-refractivity contribution is -0.166. The van der Waals surface area contributed by atoms with Gasteiger partial charge in [-0.2, -0.15) is 0 Å². The average Bonchev–Trinajstić information content (AvgIpc) is 3.34. The van der Waals surface area contributed by atoms with E-state index in [1.54, 1.807) is 30.2 Å². The van der Waals surface area contributed by atoms with E-state index in [0.717, 1.165) is 38.5 Å². The standard InChI is InChI=1S/C33H47NO6/c1-6-9-10-14-20-33(25(8-3)15-7-2,26-16-12-11-13-17-26)39-24-28-22-34(32(36)40-28)23-30(35)29-21-27(37-4)18-19-31(29)38-5/h6-7,9,11-12,15-16,18-19,21,25,28,32,36H,8,10,13-14,17,20,22-24H2,1-5H3/b9-6-,15-7-/t25-,28?,32-,33?/m1/s1. The number of carbonyl (C=O) groups is 1. The smallest absolute Gasteiger partial charge is 0.216 e. The van der Waals surface area contributed by atoms with Crippen LogP contribution in [-0.2, 0) is 9.47 Å². The van der Waals surface area contributed by atoms with Gasteiger partial charge in [-0.15, -0.1) is 0 Å². The number of hydrogen-bond acceptors (Lipinski definition) is 7. The third-order valence-electron chi connectivity index (χ3n) is 7.82. The molecule has 0 bridgehead atoms. The summed E-state index contributed by atoms with van der Waals surface area (Å²) >= 11 is 0. The first-order valence-electron chi connectivity index (χ1n) is 14.5. The third-order valence-corrected chi connectivity index (χ3v) is 7.82. The van der Waals surface area contributed by atoms with Crippen molar-refractivity contribution >= 4 is 5.78 Å². The van der Waals surface area contributed by atoms with Gasteiger partial charge in [0.15, 0.2) is 5.78 Å². The largest absolute Gasteiger partial charge is 0.497 e. The summed E-state index contributed by atoms with van der Waals surface area (Å²) < 4.78 is 23.5. The Labute approximate surface area is 240 Å². The number of aliphatic hydroxyl groups is 1. The Morgan fingerprint density at radius 1 is 1.25 bits per heavy atom. The summed E-state index contributed by atoms with van der Waals surface area (Å²) in [6, 6.07) is 5.11. The number of unbranched alkanes of at least 4 members (excludes halogenated alkanes) is 1. The van der Waals surface area contributed by atoms with Crippen LogP contribution in [0.15, 0.2) is 66.3 Å². The Morgan fingerprint density at radius 2 is 2.08 bits per heavy atom. The molecule has 7 heteroatoms. The van der Waals surface area contributed by atoms with E-state index in [0.29, 0.717) is 30.2 Å². The van der Waals surface area contributed by atoms with Crippen molar-refractivity contribution in [3.05, 3.63) is 71.9 Å². The molecule has 7 nitrogen and oxygen atoms in total. The highest BCUT2D eigenvalue weighted by atomic mass is 16.7. The summed E-state index contributed by atoms with van der Waals surface area (Å²) in [5, 5.41) is 10.7. The van der Waals surface area contributed by atoms with Crippen molar-refractivity contribution in [3.8, 4) is 11.5 Å². The summed E-state index contributed by atoms with van der Waals surface area (Å²) in [6.07, 6.45) is 19.5. The van der Waals surface area contributed by atoms with Gasteiger partial charge in [0.25, 0.3) is 0 Å². The number of methoxy groups -OCH3 is 2. The second-order valence-corrected chi connectivity index (χ2v) is 10.4. The van der Waals surface area contributed by atoms with Crippen LogP contribution in [0, 0.1) is 5.92 Å². The zero-order chi connectivity index (χ0) is 29.0. The number of rotatable bonds is 16. The number of aliphatic hydroxyl groups excluding tert-OH is 1. The van der Waals surface area contributed by atoms with Crippen LogP contribution in [0.3, 0.4) is 0 Å². The first-order valence-corrected chi connectivity index (χ1v) is 14.5. The molecular formula is C33H47NO6. The van der Waals surface area contributed by atoms with Crippen LogP contribution < -0.4 is 9.47 Å². The monoisotopic (exact) mass is 553 g/mol. The van der Waals surface area contributed by atoms with Crippen LogP contribution >= 0.6 is 0 Å². The molecule has 0 radical (unpaired) electrons. The molecule has 1 aromatic carbocycles. The maximum absolute atomic E-state index is 13.2. The average molecular weight is 554 g/mol. The Hall–Kier alpha value is -2.71. The van der Waals surface area contributed by atoms with Gasteiger partial charge in [0.1, 0.15) is 11.5 Å². The van der Waals surface area contributed by atoms with Crippen LogP contribution in [0.25, 0.3) is 0 Å². The summed E-state index contributed by atoms with van der Waals surface area (Å²) in [5.41, 5.74) is 1.26. The van der Waals surface area contributed by atoms with Gasteiger partial charge in [0.2, 0.25) is 6.41 Å². The third kappa shape index (κ3) is 7.94. The molecule has 0 spiro atoms. The molecule has 1 aliphatic carbocycles. The highest BCUT2D eigenvalue weighted by molar-refractivity contribution is 6.00. The maximum Gasteiger partial charge on any atom is 0.216 e. The number of Topliss-reactive ketones (excluding diaryl/α,β-unsaturated/α-hetero) is 1. The van der Waals surface area contributed by atoms with Gasteiger partial charge >= 0.3 is 0 Å². The number of carbonyl (C=O) groups excluding carboxylic acids is 1. The van der Waals surface area contributed by atoms with E-state index in [4.69, 9.17) is 18.9 Å². The van der Waals surface area contributed by atoms with Crippen molar-refractivity contribution < 1.29 is 28.8 Å². The highest BCUT2D eigenvalue weighted by Crippen LogP contribution is 2.42. The van der Waals surface area contributed by atoms with E-state index < -0.39 is 12.0 Å². The van der Waals surface area contributed by atoms with Gasteiger partial charge in [-0.1, -0.05) is 49.5 Å². The quantitative estimate of drug-likeness (QED) is 0.147. The Balaban J connectivity index is 1.77. The SMILES string of the molecule is C/C=C\CCCC(OCC1CN(CC(=O)c2cc(OC)ccc2OC)[C@H](O)O1)(C1=CC=CCC1)[C@@H](/C=C\C)CC. The second-order valence-electron chi connectivity index (χ2n) is 10.4. The van der Waals surface area contributed by atoms with Gasteiger partial charge in [0, 0.05) is 12.5 Å². The second kappa shape index (κ2) is 15.9. The molecule has 1 N–H and O–H groups in total. The fraction of sp³-hybridized carbons (Fsp3) is 0.545. The van der Waals surface area contributed by atoms with Gasteiger partial charge in [-0.3, -0.25) is 4.79 Å². The molecule has 0 amide bonds. The zero-order valence-electron chi connectivity index (χ0n) is 24.8. The first kappa shape index (κ1) is 31.8. The van der Waals surface area contributed by atoms with Crippen LogP contribution in [-0.4, -0.2) is 67.8 Å². The van der Waals surface area contributed by atoms with E-state index in [1.807, 2.05) is 0 Å². The summed E-state index contributed by atoms with van der Waals surface area (Å²) in [6.45, 7) is 7.02. The van der Waals surface area contributed by atoms with Crippen molar-refractivity contribution in [1.82, 2.24) is 4.90 Å². The molecule has 220 valence electrons. The highest BCUT2D eigenvalue weighted by Gasteiger charge is 2.42. The minimum absolute atomic E-state index is 0.0121. The minimum atomic E-state index is -1.19. The predicted molar refractivity (Wildman–Crippen MR) is 159 cm³/mol. The zero-order valence-corrected chi connectivity index (χ0v) is 24.8. The van der Waals surface area contributed by atoms with E-state index in [9.17, 15) is 9.90 Å². The molecule has 3 rings (SSSR count). The van der Waals surface area contributed by atoms with Crippen molar-refractivity contribution in [2.24, 2.45) is 5.92 Å². The van der Waals surface area contributed by atoms with Gasteiger partial charge in [0.05, 0.1) is 44.6 Å². The fourth-order valence-corrected chi connectivity index (χ4v) is 5.74. The van der Waals surface area contributed by atoms with Gasteiger partial charge in [-0.25, -0.2) is 4.90 Å². The molecule has 1 fully saturated rings. The van der Waals surface area contributed by atoms with E-state index in [2.05, 4.69) is 63.3 Å².